The zero-order valence-corrected chi connectivity index (χ0v) is 22.3. The lowest BCUT2D eigenvalue weighted by molar-refractivity contribution is -0.0412. The van der Waals surface area contributed by atoms with E-state index in [1.54, 1.807) is 6.07 Å². The van der Waals surface area contributed by atoms with Crippen LogP contribution < -0.4 is 4.74 Å². The zero-order chi connectivity index (χ0) is 25.9. The van der Waals surface area contributed by atoms with Gasteiger partial charge in [0.05, 0.1) is 12.7 Å². The highest BCUT2D eigenvalue weighted by Gasteiger charge is 2.59. The van der Waals surface area contributed by atoms with E-state index >= 15 is 0 Å². The molecule has 4 aliphatic rings. The average Bonchev–Trinajstić information content (AvgIpc) is 3.21. The molecule has 0 amide bonds. The Balaban J connectivity index is 1.35. The fourth-order valence-electron chi connectivity index (χ4n) is 8.94. The van der Waals surface area contributed by atoms with Gasteiger partial charge in [0.25, 0.3) is 0 Å². The summed E-state index contributed by atoms with van der Waals surface area (Å²) < 4.78 is 34.0. The van der Waals surface area contributed by atoms with E-state index in [0.29, 0.717) is 41.7 Å². The average molecular weight is 508 g/mol. The van der Waals surface area contributed by atoms with E-state index in [1.165, 1.54) is 37.0 Å². The lowest BCUT2D eigenvalue weighted by Crippen LogP contribution is -2.50. The predicted molar refractivity (Wildman–Crippen MR) is 141 cm³/mol. The molecule has 0 saturated heterocycles. The molecule has 0 radical (unpaired) electrons. The lowest BCUT2D eigenvalue weighted by Gasteiger charge is -2.58. The van der Waals surface area contributed by atoms with Crippen LogP contribution in [0.3, 0.4) is 0 Å². The van der Waals surface area contributed by atoms with Crippen LogP contribution in [0.5, 0.6) is 5.88 Å². The summed E-state index contributed by atoms with van der Waals surface area (Å²) in [6.45, 7) is 7.35. The highest BCUT2D eigenvalue weighted by Crippen LogP contribution is 2.68. The minimum atomic E-state index is -0.578. The SMILES string of the molecule is CCOc1cc(-c2cc(F)cc(F)c2)cc([C@H]2CC[C@H]3[C@@H]4CC=C5C[C@@H](O)CC[C@]5(C)[C@H]4CC[C@]23C)n1. The molecule has 198 valence electrons. The van der Waals surface area contributed by atoms with Crippen molar-refractivity contribution in [2.45, 2.75) is 84.2 Å². The number of benzene rings is 1. The number of hydrogen-bond donors (Lipinski definition) is 1. The molecule has 5 heteroatoms. The molecule has 6 rings (SSSR count). The van der Waals surface area contributed by atoms with E-state index < -0.39 is 11.6 Å². The molecule has 7 atom stereocenters. The molecule has 0 spiro atoms. The van der Waals surface area contributed by atoms with Gasteiger partial charge in [0, 0.05) is 23.7 Å². The van der Waals surface area contributed by atoms with Gasteiger partial charge >= 0.3 is 0 Å². The van der Waals surface area contributed by atoms with Gasteiger partial charge in [0.15, 0.2) is 0 Å². The molecular formula is C32H39F2NO2. The summed E-state index contributed by atoms with van der Waals surface area (Å²) in [5.41, 5.74) is 4.13. The molecular weight excluding hydrogens is 468 g/mol. The van der Waals surface area contributed by atoms with E-state index in [2.05, 4.69) is 19.9 Å². The van der Waals surface area contributed by atoms with Gasteiger partial charge in [-0.05, 0) is 116 Å². The van der Waals surface area contributed by atoms with Crippen molar-refractivity contribution in [2.24, 2.45) is 28.6 Å². The number of ether oxygens (including phenoxy) is 1. The molecule has 0 unspecified atom stereocenters. The normalized spacial score (nSPS) is 36.8. The minimum Gasteiger partial charge on any atom is -0.478 e. The molecule has 3 saturated carbocycles. The summed E-state index contributed by atoms with van der Waals surface area (Å²) in [6.07, 6.45) is 10.9. The van der Waals surface area contributed by atoms with Crippen LogP contribution in [-0.4, -0.2) is 22.8 Å². The van der Waals surface area contributed by atoms with Crippen molar-refractivity contribution in [3.63, 3.8) is 0 Å². The summed E-state index contributed by atoms with van der Waals surface area (Å²) in [5.74, 6) is 1.65. The van der Waals surface area contributed by atoms with Crippen molar-refractivity contribution >= 4 is 0 Å². The molecule has 4 aliphatic carbocycles. The topological polar surface area (TPSA) is 42.4 Å². The Bertz CT molecular complexity index is 1210. The van der Waals surface area contributed by atoms with Gasteiger partial charge in [0.2, 0.25) is 5.88 Å². The maximum Gasteiger partial charge on any atom is 0.214 e. The van der Waals surface area contributed by atoms with E-state index in [4.69, 9.17) is 9.72 Å². The van der Waals surface area contributed by atoms with Crippen molar-refractivity contribution in [2.75, 3.05) is 6.61 Å². The number of nitrogens with zero attached hydrogens (tertiary/aromatic N) is 1. The third-order valence-electron chi connectivity index (χ3n) is 10.7. The summed E-state index contributed by atoms with van der Waals surface area (Å²) in [7, 11) is 0. The van der Waals surface area contributed by atoms with Crippen molar-refractivity contribution < 1.29 is 18.6 Å². The number of aliphatic hydroxyl groups excluding tert-OH is 1. The van der Waals surface area contributed by atoms with E-state index in [-0.39, 0.29) is 16.9 Å². The number of hydrogen-bond acceptors (Lipinski definition) is 3. The van der Waals surface area contributed by atoms with E-state index in [0.717, 1.165) is 49.4 Å². The molecule has 1 aromatic heterocycles. The van der Waals surface area contributed by atoms with E-state index in [9.17, 15) is 13.9 Å². The van der Waals surface area contributed by atoms with Gasteiger partial charge in [0.1, 0.15) is 11.6 Å². The second-order valence-corrected chi connectivity index (χ2v) is 12.5. The van der Waals surface area contributed by atoms with Crippen molar-refractivity contribution in [3.8, 4) is 17.0 Å². The molecule has 2 aromatic rings. The van der Waals surface area contributed by atoms with Crippen molar-refractivity contribution in [3.05, 3.63) is 59.3 Å². The van der Waals surface area contributed by atoms with Crippen LogP contribution in [-0.2, 0) is 0 Å². The van der Waals surface area contributed by atoms with Crippen LogP contribution in [0.25, 0.3) is 11.1 Å². The highest BCUT2D eigenvalue weighted by molar-refractivity contribution is 5.65. The zero-order valence-electron chi connectivity index (χ0n) is 22.3. The molecule has 1 heterocycles. The Morgan fingerprint density at radius 2 is 1.70 bits per heavy atom. The fourth-order valence-corrected chi connectivity index (χ4v) is 8.94. The Morgan fingerprint density at radius 1 is 0.946 bits per heavy atom. The fraction of sp³-hybridized carbons (Fsp3) is 0.594. The van der Waals surface area contributed by atoms with Crippen molar-refractivity contribution in [1.29, 1.82) is 0 Å². The first-order valence-electron chi connectivity index (χ1n) is 14.2. The van der Waals surface area contributed by atoms with Crippen LogP contribution in [0.1, 0.15) is 83.7 Å². The standard InChI is InChI=1S/C32H39F2NO2/c1-4-37-30-16-20(19-13-22(33)18-23(34)14-19)15-29(35-30)28-8-7-26-25-6-5-21-17-24(36)9-11-31(21,2)27(25)10-12-32(26,28)3/h5,13-16,18,24-28,36H,4,6-12,17H2,1-3H3/t24-,25-,26-,27-,28+,31-,32-/m0/s1. The summed E-state index contributed by atoms with van der Waals surface area (Å²) in [4.78, 5) is 4.95. The Morgan fingerprint density at radius 3 is 2.46 bits per heavy atom. The quantitative estimate of drug-likeness (QED) is 0.429. The Labute approximate surface area is 219 Å². The molecule has 1 aromatic carbocycles. The molecule has 0 aliphatic heterocycles. The number of aromatic nitrogens is 1. The maximum atomic E-state index is 14.1. The number of allylic oxidation sites excluding steroid dienone is 1. The van der Waals surface area contributed by atoms with Crippen LogP contribution in [0, 0.1) is 40.2 Å². The van der Waals surface area contributed by atoms with Gasteiger partial charge in [-0.2, -0.15) is 0 Å². The molecule has 3 nitrogen and oxygen atoms in total. The third-order valence-corrected chi connectivity index (χ3v) is 10.7. The van der Waals surface area contributed by atoms with Gasteiger partial charge in [-0.15, -0.1) is 0 Å². The first-order valence-corrected chi connectivity index (χ1v) is 14.2. The summed E-state index contributed by atoms with van der Waals surface area (Å²) in [5, 5.41) is 10.3. The van der Waals surface area contributed by atoms with Crippen LogP contribution in [0.15, 0.2) is 42.0 Å². The van der Waals surface area contributed by atoms with Gasteiger partial charge < -0.3 is 9.84 Å². The first kappa shape index (κ1) is 25.0. The molecule has 37 heavy (non-hydrogen) atoms. The van der Waals surface area contributed by atoms with Crippen LogP contribution in [0.2, 0.25) is 0 Å². The number of fused-ring (bicyclic) bond motifs is 5. The lowest BCUT2D eigenvalue weighted by atomic mass is 9.47. The Hall–Kier alpha value is -2.27. The molecule has 1 N–H and O–H groups in total. The van der Waals surface area contributed by atoms with E-state index in [1.807, 2.05) is 13.0 Å². The summed E-state index contributed by atoms with van der Waals surface area (Å²) in [6, 6.07) is 7.53. The minimum absolute atomic E-state index is 0.138. The number of halogens is 2. The number of pyridine rings is 1. The molecule has 3 fully saturated rings. The van der Waals surface area contributed by atoms with Crippen LogP contribution in [0.4, 0.5) is 8.78 Å². The van der Waals surface area contributed by atoms with Gasteiger partial charge in [-0.25, -0.2) is 13.8 Å². The maximum absolute atomic E-state index is 14.1. The van der Waals surface area contributed by atoms with Crippen molar-refractivity contribution in [1.82, 2.24) is 4.98 Å². The monoisotopic (exact) mass is 507 g/mol. The van der Waals surface area contributed by atoms with Gasteiger partial charge in [-0.1, -0.05) is 25.5 Å². The van der Waals surface area contributed by atoms with Gasteiger partial charge in [-0.3, -0.25) is 0 Å². The number of rotatable bonds is 4. The third kappa shape index (κ3) is 4.13. The molecule has 0 bridgehead atoms. The predicted octanol–water partition coefficient (Wildman–Crippen LogP) is 7.83. The largest absolute Gasteiger partial charge is 0.478 e. The highest BCUT2D eigenvalue weighted by atomic mass is 19.1. The first-order chi connectivity index (χ1) is 17.7. The summed E-state index contributed by atoms with van der Waals surface area (Å²) >= 11 is 0. The smallest absolute Gasteiger partial charge is 0.214 e. The second-order valence-electron chi connectivity index (χ2n) is 12.5. The Kier molecular flexibility index (Phi) is 6.21. The second kappa shape index (κ2) is 9.18. The number of aliphatic hydroxyl groups is 1. The van der Waals surface area contributed by atoms with Crippen LogP contribution >= 0.6 is 0 Å².